The SMILES string of the molecule is CSc1c(C)ccc2c(=O)c3ccc(C(C)(C)C#N)nc3n(CC=O)c12. The quantitative estimate of drug-likeness (QED) is 0.401. The molecule has 132 valence electrons. The lowest BCUT2D eigenvalue weighted by Gasteiger charge is -2.19. The van der Waals surface area contributed by atoms with Crippen LogP contribution in [0.4, 0.5) is 0 Å². The van der Waals surface area contributed by atoms with Gasteiger partial charge in [-0.25, -0.2) is 4.98 Å². The van der Waals surface area contributed by atoms with Crippen molar-refractivity contribution in [2.24, 2.45) is 0 Å². The predicted octanol–water partition coefficient (Wildman–Crippen LogP) is 3.58. The van der Waals surface area contributed by atoms with Gasteiger partial charge in [-0.05, 0) is 50.8 Å². The third-order valence-electron chi connectivity index (χ3n) is 4.60. The van der Waals surface area contributed by atoms with Crippen molar-refractivity contribution in [2.45, 2.75) is 37.6 Å². The first-order valence-electron chi connectivity index (χ1n) is 8.22. The summed E-state index contributed by atoms with van der Waals surface area (Å²) in [5, 5.41) is 10.4. The van der Waals surface area contributed by atoms with Crippen molar-refractivity contribution < 1.29 is 4.79 Å². The summed E-state index contributed by atoms with van der Waals surface area (Å²) in [6.45, 7) is 5.63. The average molecular weight is 365 g/mol. The van der Waals surface area contributed by atoms with E-state index in [0.29, 0.717) is 22.1 Å². The topological polar surface area (TPSA) is 75.8 Å². The minimum atomic E-state index is -0.792. The molecular formula is C20H19N3O2S. The van der Waals surface area contributed by atoms with Gasteiger partial charge in [0.2, 0.25) is 0 Å². The van der Waals surface area contributed by atoms with E-state index in [9.17, 15) is 14.9 Å². The molecule has 0 N–H and O–H groups in total. The van der Waals surface area contributed by atoms with Gasteiger partial charge < -0.3 is 9.36 Å². The van der Waals surface area contributed by atoms with Crippen LogP contribution in [-0.2, 0) is 16.8 Å². The smallest absolute Gasteiger partial charge is 0.198 e. The van der Waals surface area contributed by atoms with Gasteiger partial charge in [-0.2, -0.15) is 5.26 Å². The largest absolute Gasteiger partial charge is 0.317 e. The van der Waals surface area contributed by atoms with Crippen LogP contribution in [0.25, 0.3) is 21.9 Å². The fourth-order valence-electron chi connectivity index (χ4n) is 3.12. The summed E-state index contributed by atoms with van der Waals surface area (Å²) in [7, 11) is 0. The third-order valence-corrected chi connectivity index (χ3v) is 5.52. The highest BCUT2D eigenvalue weighted by atomic mass is 32.2. The fraction of sp³-hybridized carbons (Fsp3) is 0.300. The van der Waals surface area contributed by atoms with E-state index >= 15 is 0 Å². The first kappa shape index (κ1) is 18.2. The standard InChI is InChI=1S/C20H19N3O2S/c1-12-5-6-13-16(18(12)26-4)23(9-10-24)19-14(17(13)25)7-8-15(22-19)20(2,3)11-21/h5-8,10H,9H2,1-4H3. The van der Waals surface area contributed by atoms with Crippen molar-refractivity contribution >= 4 is 40.0 Å². The van der Waals surface area contributed by atoms with Crippen LogP contribution in [-0.4, -0.2) is 22.1 Å². The van der Waals surface area contributed by atoms with Gasteiger partial charge >= 0.3 is 0 Å². The first-order valence-corrected chi connectivity index (χ1v) is 9.44. The predicted molar refractivity (Wildman–Crippen MR) is 105 cm³/mol. The number of carbonyl (C=O) groups is 1. The zero-order chi connectivity index (χ0) is 19.1. The summed E-state index contributed by atoms with van der Waals surface area (Å²) in [6.07, 6.45) is 2.75. The summed E-state index contributed by atoms with van der Waals surface area (Å²) < 4.78 is 1.79. The van der Waals surface area contributed by atoms with Crippen LogP contribution in [0.1, 0.15) is 25.1 Å². The van der Waals surface area contributed by atoms with Gasteiger partial charge in [0, 0.05) is 10.3 Å². The maximum Gasteiger partial charge on any atom is 0.198 e. The zero-order valence-corrected chi connectivity index (χ0v) is 16.0. The molecule has 26 heavy (non-hydrogen) atoms. The minimum absolute atomic E-state index is 0.0910. The van der Waals surface area contributed by atoms with E-state index in [1.165, 1.54) is 0 Å². The number of nitrogens with zero attached hydrogens (tertiary/aromatic N) is 3. The number of thioether (sulfide) groups is 1. The summed E-state index contributed by atoms with van der Waals surface area (Å²) in [5.74, 6) is 0. The van der Waals surface area contributed by atoms with Crippen LogP contribution >= 0.6 is 11.8 Å². The Morgan fingerprint density at radius 1 is 1.27 bits per heavy atom. The molecule has 2 heterocycles. The molecule has 0 unspecified atom stereocenters. The van der Waals surface area contributed by atoms with Crippen LogP contribution < -0.4 is 5.43 Å². The second-order valence-electron chi connectivity index (χ2n) is 6.72. The molecule has 0 fully saturated rings. The lowest BCUT2D eigenvalue weighted by Crippen LogP contribution is -2.20. The Balaban J connectivity index is 2.58. The molecule has 0 aliphatic rings. The van der Waals surface area contributed by atoms with Gasteiger partial charge in [0.15, 0.2) is 5.43 Å². The number of aryl methyl sites for hydroxylation is 1. The Hall–Kier alpha value is -2.65. The maximum atomic E-state index is 13.0. The Kier molecular flexibility index (Phi) is 4.59. The molecule has 0 atom stereocenters. The van der Waals surface area contributed by atoms with Crippen molar-refractivity contribution in [3.8, 4) is 6.07 Å². The van der Waals surface area contributed by atoms with E-state index < -0.39 is 5.41 Å². The van der Waals surface area contributed by atoms with Crippen molar-refractivity contribution in [3.63, 3.8) is 0 Å². The van der Waals surface area contributed by atoms with Crippen molar-refractivity contribution in [2.75, 3.05) is 6.26 Å². The molecule has 0 amide bonds. The average Bonchev–Trinajstić information content (AvgIpc) is 2.64. The highest BCUT2D eigenvalue weighted by Crippen LogP contribution is 2.31. The van der Waals surface area contributed by atoms with Crippen molar-refractivity contribution in [1.82, 2.24) is 9.55 Å². The van der Waals surface area contributed by atoms with E-state index in [1.807, 2.05) is 19.2 Å². The van der Waals surface area contributed by atoms with Crippen LogP contribution in [0.2, 0.25) is 0 Å². The number of aldehydes is 1. The van der Waals surface area contributed by atoms with E-state index in [4.69, 9.17) is 0 Å². The Morgan fingerprint density at radius 3 is 2.58 bits per heavy atom. The van der Waals surface area contributed by atoms with Crippen LogP contribution in [0.5, 0.6) is 0 Å². The van der Waals surface area contributed by atoms with E-state index in [0.717, 1.165) is 22.3 Å². The van der Waals surface area contributed by atoms with E-state index in [1.54, 1.807) is 48.4 Å². The van der Waals surface area contributed by atoms with Gasteiger partial charge in [-0.1, -0.05) is 6.07 Å². The molecule has 0 saturated carbocycles. The molecule has 2 aromatic heterocycles. The molecule has 0 spiro atoms. The van der Waals surface area contributed by atoms with Crippen molar-refractivity contribution in [1.29, 1.82) is 5.26 Å². The number of aromatic nitrogens is 2. The molecule has 0 saturated heterocycles. The highest BCUT2D eigenvalue weighted by molar-refractivity contribution is 7.98. The molecule has 6 heteroatoms. The number of carbonyl (C=O) groups excluding carboxylic acids is 1. The first-order chi connectivity index (χ1) is 12.4. The summed E-state index contributed by atoms with van der Waals surface area (Å²) in [6, 6.07) is 9.39. The van der Waals surface area contributed by atoms with E-state index in [-0.39, 0.29) is 12.0 Å². The zero-order valence-electron chi connectivity index (χ0n) is 15.2. The van der Waals surface area contributed by atoms with Crippen molar-refractivity contribution in [3.05, 3.63) is 45.7 Å². The Bertz CT molecular complexity index is 1140. The molecular weight excluding hydrogens is 346 g/mol. The fourth-order valence-corrected chi connectivity index (χ4v) is 3.92. The monoisotopic (exact) mass is 365 g/mol. The summed E-state index contributed by atoms with van der Waals surface area (Å²) >= 11 is 1.54. The Morgan fingerprint density at radius 2 is 1.96 bits per heavy atom. The number of pyridine rings is 2. The molecule has 0 radical (unpaired) electrons. The Labute approximate surface area is 155 Å². The molecule has 0 aliphatic carbocycles. The molecule has 3 aromatic rings. The van der Waals surface area contributed by atoms with Gasteiger partial charge in [0.25, 0.3) is 0 Å². The van der Waals surface area contributed by atoms with Crippen LogP contribution in [0.15, 0.2) is 34.0 Å². The summed E-state index contributed by atoms with van der Waals surface area (Å²) in [4.78, 5) is 30.0. The molecule has 0 bridgehead atoms. The molecule has 5 nitrogen and oxygen atoms in total. The maximum absolute atomic E-state index is 13.0. The van der Waals surface area contributed by atoms with Gasteiger partial charge in [-0.15, -0.1) is 11.8 Å². The van der Waals surface area contributed by atoms with E-state index in [2.05, 4.69) is 11.1 Å². The van der Waals surface area contributed by atoms with Gasteiger partial charge in [0.1, 0.15) is 11.9 Å². The number of hydrogen-bond acceptors (Lipinski definition) is 5. The van der Waals surface area contributed by atoms with Crippen LogP contribution in [0.3, 0.4) is 0 Å². The molecule has 3 rings (SSSR count). The molecule has 0 aliphatic heterocycles. The number of hydrogen-bond donors (Lipinski definition) is 0. The number of rotatable bonds is 4. The second-order valence-corrected chi connectivity index (χ2v) is 7.54. The van der Waals surface area contributed by atoms with Gasteiger partial charge in [0.05, 0.1) is 34.6 Å². The highest BCUT2D eigenvalue weighted by Gasteiger charge is 2.24. The summed E-state index contributed by atoms with van der Waals surface area (Å²) in [5.41, 5.74) is 1.88. The van der Waals surface area contributed by atoms with Gasteiger partial charge in [-0.3, -0.25) is 4.79 Å². The number of fused-ring (bicyclic) bond motifs is 2. The minimum Gasteiger partial charge on any atom is -0.317 e. The normalized spacial score (nSPS) is 11.7. The number of nitriles is 1. The lowest BCUT2D eigenvalue weighted by molar-refractivity contribution is -0.108. The third kappa shape index (κ3) is 2.69. The number of benzene rings is 1. The van der Waals surface area contributed by atoms with Crippen LogP contribution in [0, 0.1) is 18.3 Å². The molecule has 1 aromatic carbocycles. The second kappa shape index (κ2) is 6.58. The lowest BCUT2D eigenvalue weighted by atomic mass is 9.90.